The molecule has 0 unspecified atom stereocenters. The lowest BCUT2D eigenvalue weighted by Gasteiger charge is -2.05. The Labute approximate surface area is 103 Å². The second-order valence-corrected chi connectivity index (χ2v) is 4.02. The summed E-state index contributed by atoms with van der Waals surface area (Å²) in [5.41, 5.74) is 8.85. The maximum absolute atomic E-state index is 12.4. The molecule has 3 aromatic rings. The average Bonchev–Trinajstić information content (AvgIpc) is 2.87. The molecule has 0 fully saturated rings. The highest BCUT2D eigenvalue weighted by atomic mass is 16.1. The van der Waals surface area contributed by atoms with Gasteiger partial charge < -0.3 is 10.7 Å². The van der Waals surface area contributed by atoms with Gasteiger partial charge in [0.2, 0.25) is 0 Å². The predicted molar refractivity (Wildman–Crippen MR) is 70.4 cm³/mol. The molecule has 88 valence electrons. The highest BCUT2D eigenvalue weighted by Gasteiger charge is 2.17. The number of fused-ring (bicyclic) bond motifs is 1. The summed E-state index contributed by atoms with van der Waals surface area (Å²) in [5.74, 6) is -0.106. The highest BCUT2D eigenvalue weighted by molar-refractivity contribution is 6.18. The van der Waals surface area contributed by atoms with Crippen LogP contribution in [0.5, 0.6) is 0 Å². The summed E-state index contributed by atoms with van der Waals surface area (Å²) in [6.07, 6.45) is 1.56. The van der Waals surface area contributed by atoms with Gasteiger partial charge in [-0.1, -0.05) is 30.3 Å². The lowest BCUT2D eigenvalue weighted by molar-refractivity contribution is 0.104. The van der Waals surface area contributed by atoms with Gasteiger partial charge in [-0.25, -0.2) is 4.98 Å². The fraction of sp³-hybridized carbons (Fsp3) is 0. The van der Waals surface area contributed by atoms with E-state index in [-0.39, 0.29) is 5.78 Å². The summed E-state index contributed by atoms with van der Waals surface area (Å²) in [7, 11) is 0. The van der Waals surface area contributed by atoms with E-state index in [2.05, 4.69) is 9.97 Å². The molecule has 1 heterocycles. The largest absolute Gasteiger partial charge is 0.398 e. The highest BCUT2D eigenvalue weighted by Crippen LogP contribution is 2.24. The zero-order chi connectivity index (χ0) is 12.5. The molecule has 0 aliphatic rings. The molecule has 0 amide bonds. The standard InChI is InChI=1S/C14H11N3O/c15-10-6-7-11-13(17-8-16-11)12(10)14(18)9-4-2-1-3-5-9/h1-8H,15H2,(H,16,17). The van der Waals surface area contributed by atoms with Crippen molar-refractivity contribution in [1.29, 1.82) is 0 Å². The molecule has 0 atom stereocenters. The predicted octanol–water partition coefficient (Wildman–Crippen LogP) is 2.38. The molecule has 18 heavy (non-hydrogen) atoms. The van der Waals surface area contributed by atoms with Crippen molar-refractivity contribution in [3.05, 3.63) is 59.9 Å². The van der Waals surface area contributed by atoms with Crippen LogP contribution in [0.4, 0.5) is 5.69 Å². The monoisotopic (exact) mass is 237 g/mol. The zero-order valence-corrected chi connectivity index (χ0v) is 9.55. The van der Waals surface area contributed by atoms with Crippen LogP contribution in [0.3, 0.4) is 0 Å². The van der Waals surface area contributed by atoms with E-state index in [0.29, 0.717) is 22.3 Å². The fourth-order valence-corrected chi connectivity index (χ4v) is 2.00. The molecule has 3 N–H and O–H groups in total. The quantitative estimate of drug-likeness (QED) is 0.531. The molecule has 0 radical (unpaired) electrons. The van der Waals surface area contributed by atoms with Gasteiger partial charge in [-0.15, -0.1) is 0 Å². The Morgan fingerprint density at radius 2 is 1.89 bits per heavy atom. The van der Waals surface area contributed by atoms with Crippen LogP contribution in [0.15, 0.2) is 48.8 Å². The molecule has 4 heteroatoms. The Kier molecular flexibility index (Phi) is 2.34. The van der Waals surface area contributed by atoms with Crippen LogP contribution in [0.25, 0.3) is 11.0 Å². The molecule has 0 aliphatic carbocycles. The van der Waals surface area contributed by atoms with Gasteiger partial charge in [-0.2, -0.15) is 0 Å². The van der Waals surface area contributed by atoms with Crippen LogP contribution >= 0.6 is 0 Å². The fourth-order valence-electron chi connectivity index (χ4n) is 2.00. The first-order valence-corrected chi connectivity index (χ1v) is 5.58. The van der Waals surface area contributed by atoms with Crippen LogP contribution in [0.2, 0.25) is 0 Å². The minimum Gasteiger partial charge on any atom is -0.398 e. The third-order valence-electron chi connectivity index (χ3n) is 2.89. The van der Waals surface area contributed by atoms with Crippen molar-refractivity contribution in [2.45, 2.75) is 0 Å². The summed E-state index contributed by atoms with van der Waals surface area (Å²) in [5, 5.41) is 0. The van der Waals surface area contributed by atoms with Crippen molar-refractivity contribution in [3.8, 4) is 0 Å². The number of ketones is 1. The molecule has 0 spiro atoms. The molecular formula is C14H11N3O. The summed E-state index contributed by atoms with van der Waals surface area (Å²) < 4.78 is 0. The first-order valence-electron chi connectivity index (χ1n) is 5.58. The van der Waals surface area contributed by atoms with E-state index < -0.39 is 0 Å². The van der Waals surface area contributed by atoms with E-state index in [9.17, 15) is 4.79 Å². The van der Waals surface area contributed by atoms with Crippen LogP contribution in [-0.4, -0.2) is 15.8 Å². The maximum atomic E-state index is 12.4. The number of anilines is 1. The van der Waals surface area contributed by atoms with E-state index in [0.717, 1.165) is 5.52 Å². The van der Waals surface area contributed by atoms with Gasteiger partial charge >= 0.3 is 0 Å². The maximum Gasteiger partial charge on any atom is 0.197 e. The van der Waals surface area contributed by atoms with Gasteiger partial charge in [0, 0.05) is 11.3 Å². The number of nitrogens with zero attached hydrogens (tertiary/aromatic N) is 1. The van der Waals surface area contributed by atoms with E-state index in [1.807, 2.05) is 24.3 Å². The zero-order valence-electron chi connectivity index (χ0n) is 9.55. The molecule has 4 nitrogen and oxygen atoms in total. The Bertz CT molecular complexity index is 716. The molecule has 2 aromatic carbocycles. The number of benzene rings is 2. The van der Waals surface area contributed by atoms with E-state index in [1.54, 1.807) is 24.5 Å². The second-order valence-electron chi connectivity index (χ2n) is 4.02. The third kappa shape index (κ3) is 1.55. The molecule has 1 aromatic heterocycles. The second kappa shape index (κ2) is 4.00. The normalized spacial score (nSPS) is 10.7. The number of aromatic nitrogens is 2. The van der Waals surface area contributed by atoms with Crippen LogP contribution < -0.4 is 5.73 Å². The number of carbonyl (C=O) groups excluding carboxylic acids is 1. The Morgan fingerprint density at radius 1 is 1.11 bits per heavy atom. The molecule has 0 saturated heterocycles. The van der Waals surface area contributed by atoms with E-state index in [1.165, 1.54) is 0 Å². The topological polar surface area (TPSA) is 71.8 Å². The van der Waals surface area contributed by atoms with Crippen molar-refractivity contribution < 1.29 is 4.79 Å². The lowest BCUT2D eigenvalue weighted by atomic mass is 10.0. The number of aromatic amines is 1. The Morgan fingerprint density at radius 3 is 2.67 bits per heavy atom. The Hall–Kier alpha value is -2.62. The first kappa shape index (κ1) is 10.5. The first-order chi connectivity index (χ1) is 8.77. The number of H-pyrrole nitrogens is 1. The van der Waals surface area contributed by atoms with E-state index in [4.69, 9.17) is 5.73 Å². The van der Waals surface area contributed by atoms with Crippen LogP contribution in [0, 0.1) is 0 Å². The lowest BCUT2D eigenvalue weighted by Crippen LogP contribution is -2.06. The molecule has 0 bridgehead atoms. The van der Waals surface area contributed by atoms with Crippen LogP contribution in [-0.2, 0) is 0 Å². The van der Waals surface area contributed by atoms with Crippen molar-refractivity contribution in [2.24, 2.45) is 0 Å². The van der Waals surface area contributed by atoms with Gasteiger partial charge in [-0.3, -0.25) is 4.79 Å². The minimum absolute atomic E-state index is 0.106. The number of rotatable bonds is 2. The van der Waals surface area contributed by atoms with Gasteiger partial charge in [0.1, 0.15) is 5.52 Å². The number of nitrogens with one attached hydrogen (secondary N) is 1. The SMILES string of the molecule is Nc1ccc2[nH]cnc2c1C(=O)c1ccccc1. The van der Waals surface area contributed by atoms with Gasteiger partial charge in [0.05, 0.1) is 17.4 Å². The summed E-state index contributed by atoms with van der Waals surface area (Å²) in [6, 6.07) is 12.6. The van der Waals surface area contributed by atoms with Gasteiger partial charge in [0.25, 0.3) is 0 Å². The van der Waals surface area contributed by atoms with Crippen molar-refractivity contribution in [3.63, 3.8) is 0 Å². The summed E-state index contributed by atoms with van der Waals surface area (Å²) in [6.45, 7) is 0. The average molecular weight is 237 g/mol. The van der Waals surface area contributed by atoms with Crippen LogP contribution in [0.1, 0.15) is 15.9 Å². The smallest absolute Gasteiger partial charge is 0.197 e. The Balaban J connectivity index is 2.23. The molecule has 3 rings (SSSR count). The van der Waals surface area contributed by atoms with Crippen molar-refractivity contribution in [2.75, 3.05) is 5.73 Å². The minimum atomic E-state index is -0.106. The molecule has 0 aliphatic heterocycles. The van der Waals surface area contributed by atoms with Crippen molar-refractivity contribution >= 4 is 22.5 Å². The number of nitrogens with two attached hydrogens (primary N) is 1. The summed E-state index contributed by atoms with van der Waals surface area (Å²) in [4.78, 5) is 19.6. The number of carbonyl (C=O) groups is 1. The third-order valence-corrected chi connectivity index (χ3v) is 2.89. The van der Waals surface area contributed by atoms with Gasteiger partial charge in [-0.05, 0) is 12.1 Å². The van der Waals surface area contributed by atoms with Gasteiger partial charge in [0.15, 0.2) is 5.78 Å². The summed E-state index contributed by atoms with van der Waals surface area (Å²) >= 11 is 0. The number of hydrogen-bond acceptors (Lipinski definition) is 3. The molecular weight excluding hydrogens is 226 g/mol. The number of hydrogen-bond donors (Lipinski definition) is 2. The van der Waals surface area contributed by atoms with Crippen molar-refractivity contribution in [1.82, 2.24) is 9.97 Å². The number of nitrogen functional groups attached to an aromatic ring is 1. The van der Waals surface area contributed by atoms with E-state index >= 15 is 0 Å². The number of imidazole rings is 1. The molecule has 0 saturated carbocycles.